The van der Waals surface area contributed by atoms with Crippen molar-refractivity contribution in [2.45, 2.75) is 33.1 Å². The van der Waals surface area contributed by atoms with Crippen LogP contribution in [0.4, 0.5) is 5.69 Å². The molecule has 2 aromatic carbocycles. The Hall–Kier alpha value is -2.35. The molecular formula is C23H26N2. The Balaban J connectivity index is 1.41. The van der Waals surface area contributed by atoms with Gasteiger partial charge in [0.2, 0.25) is 0 Å². The number of nitrogens with zero attached hydrogens (tertiary/aromatic N) is 2. The van der Waals surface area contributed by atoms with Gasteiger partial charge >= 0.3 is 0 Å². The molecule has 1 aliphatic heterocycles. The second-order valence-corrected chi connectivity index (χ2v) is 7.43. The standard InChI is InChI=1S/C23H26N2/c1-17-5-6-20(14-18(17)2)15-19-9-12-25(13-10-19)22-7-8-23-21(16-22)4-3-11-24-23/h3-8,11,14,16,19H,9-10,12-13,15H2,1-2H3. The third-order valence-corrected chi connectivity index (χ3v) is 5.66. The van der Waals surface area contributed by atoms with Gasteiger partial charge in [0, 0.05) is 30.4 Å². The molecule has 1 aliphatic rings. The van der Waals surface area contributed by atoms with Crippen molar-refractivity contribution in [3.8, 4) is 0 Å². The first-order valence-corrected chi connectivity index (χ1v) is 9.35. The lowest BCUT2D eigenvalue weighted by Gasteiger charge is -2.34. The lowest BCUT2D eigenvalue weighted by Crippen LogP contribution is -2.34. The smallest absolute Gasteiger partial charge is 0.0703 e. The van der Waals surface area contributed by atoms with Gasteiger partial charge in [-0.15, -0.1) is 0 Å². The second kappa shape index (κ2) is 6.87. The first-order valence-electron chi connectivity index (χ1n) is 9.35. The van der Waals surface area contributed by atoms with Crippen molar-refractivity contribution in [3.05, 3.63) is 71.4 Å². The molecule has 2 heterocycles. The van der Waals surface area contributed by atoms with Gasteiger partial charge in [0.15, 0.2) is 0 Å². The van der Waals surface area contributed by atoms with Crippen molar-refractivity contribution in [2.75, 3.05) is 18.0 Å². The number of hydrogen-bond acceptors (Lipinski definition) is 2. The average molecular weight is 330 g/mol. The van der Waals surface area contributed by atoms with Crippen LogP contribution in [0.15, 0.2) is 54.7 Å². The van der Waals surface area contributed by atoms with Crippen LogP contribution >= 0.6 is 0 Å². The molecule has 0 saturated carbocycles. The fraction of sp³-hybridized carbons (Fsp3) is 0.348. The summed E-state index contributed by atoms with van der Waals surface area (Å²) in [6.45, 7) is 6.72. The molecule has 0 amide bonds. The lowest BCUT2D eigenvalue weighted by atomic mass is 9.89. The number of hydrogen-bond donors (Lipinski definition) is 0. The predicted octanol–water partition coefficient (Wildman–Crippen LogP) is 5.31. The maximum atomic E-state index is 4.42. The largest absolute Gasteiger partial charge is 0.371 e. The van der Waals surface area contributed by atoms with Crippen molar-refractivity contribution < 1.29 is 0 Å². The second-order valence-electron chi connectivity index (χ2n) is 7.43. The van der Waals surface area contributed by atoms with E-state index in [1.54, 1.807) is 0 Å². The first-order chi connectivity index (χ1) is 12.2. The molecule has 0 spiro atoms. The van der Waals surface area contributed by atoms with Crippen LogP contribution in [0.2, 0.25) is 0 Å². The fourth-order valence-corrected chi connectivity index (χ4v) is 3.92. The molecule has 25 heavy (non-hydrogen) atoms. The molecule has 0 atom stereocenters. The Morgan fingerprint density at radius 2 is 1.80 bits per heavy atom. The average Bonchev–Trinajstić information content (AvgIpc) is 2.65. The minimum absolute atomic E-state index is 0.806. The molecule has 2 heteroatoms. The van der Waals surface area contributed by atoms with Crippen LogP contribution in [0.25, 0.3) is 10.9 Å². The van der Waals surface area contributed by atoms with E-state index in [1.165, 1.54) is 47.0 Å². The summed E-state index contributed by atoms with van der Waals surface area (Å²) in [5, 5.41) is 1.23. The van der Waals surface area contributed by atoms with Crippen LogP contribution in [0.1, 0.15) is 29.5 Å². The molecule has 1 aromatic heterocycles. The summed E-state index contributed by atoms with van der Waals surface area (Å²) in [5.41, 5.74) is 6.73. The van der Waals surface area contributed by atoms with Crippen molar-refractivity contribution in [1.29, 1.82) is 0 Å². The maximum absolute atomic E-state index is 4.42. The zero-order chi connectivity index (χ0) is 17.2. The van der Waals surface area contributed by atoms with E-state index in [-0.39, 0.29) is 0 Å². The Kier molecular flexibility index (Phi) is 4.44. The molecule has 128 valence electrons. The summed E-state index contributed by atoms with van der Waals surface area (Å²) in [7, 11) is 0. The lowest BCUT2D eigenvalue weighted by molar-refractivity contribution is 0.404. The molecule has 3 aromatic rings. The van der Waals surface area contributed by atoms with E-state index >= 15 is 0 Å². The number of aryl methyl sites for hydroxylation is 2. The van der Waals surface area contributed by atoms with Gasteiger partial charge in [0.1, 0.15) is 0 Å². The van der Waals surface area contributed by atoms with E-state index < -0.39 is 0 Å². The summed E-state index contributed by atoms with van der Waals surface area (Å²) < 4.78 is 0. The van der Waals surface area contributed by atoms with Gasteiger partial charge in [-0.2, -0.15) is 0 Å². The minimum atomic E-state index is 0.806. The van der Waals surface area contributed by atoms with E-state index in [0.717, 1.165) is 24.5 Å². The number of anilines is 1. The highest BCUT2D eigenvalue weighted by atomic mass is 15.1. The Labute approximate surface area is 150 Å². The third-order valence-electron chi connectivity index (χ3n) is 5.66. The normalized spacial score (nSPS) is 15.7. The molecular weight excluding hydrogens is 304 g/mol. The third kappa shape index (κ3) is 3.53. The van der Waals surface area contributed by atoms with Crippen LogP contribution in [0.3, 0.4) is 0 Å². The van der Waals surface area contributed by atoms with Crippen molar-refractivity contribution in [2.24, 2.45) is 5.92 Å². The Morgan fingerprint density at radius 1 is 0.960 bits per heavy atom. The SMILES string of the molecule is Cc1ccc(CC2CCN(c3ccc4ncccc4c3)CC2)cc1C. The Morgan fingerprint density at radius 3 is 2.60 bits per heavy atom. The molecule has 0 unspecified atom stereocenters. The number of benzene rings is 2. The van der Waals surface area contributed by atoms with E-state index in [1.807, 2.05) is 12.3 Å². The van der Waals surface area contributed by atoms with Crippen molar-refractivity contribution in [3.63, 3.8) is 0 Å². The highest BCUT2D eigenvalue weighted by molar-refractivity contribution is 5.82. The van der Waals surface area contributed by atoms with Crippen LogP contribution < -0.4 is 4.90 Å². The number of rotatable bonds is 3. The van der Waals surface area contributed by atoms with Crippen LogP contribution in [0, 0.1) is 19.8 Å². The molecule has 1 saturated heterocycles. The van der Waals surface area contributed by atoms with Gasteiger partial charge in [-0.1, -0.05) is 24.3 Å². The minimum Gasteiger partial charge on any atom is -0.371 e. The summed E-state index contributed by atoms with van der Waals surface area (Å²) in [5.74, 6) is 0.806. The van der Waals surface area contributed by atoms with E-state index in [0.29, 0.717) is 0 Å². The summed E-state index contributed by atoms with van der Waals surface area (Å²) in [6, 6.07) is 17.8. The number of piperidine rings is 1. The number of aromatic nitrogens is 1. The van der Waals surface area contributed by atoms with Crippen LogP contribution in [0.5, 0.6) is 0 Å². The molecule has 0 bridgehead atoms. The van der Waals surface area contributed by atoms with Gasteiger partial charge in [0.05, 0.1) is 5.52 Å². The monoisotopic (exact) mass is 330 g/mol. The summed E-state index contributed by atoms with van der Waals surface area (Å²) in [4.78, 5) is 6.95. The predicted molar refractivity (Wildman–Crippen MR) is 106 cm³/mol. The zero-order valence-electron chi connectivity index (χ0n) is 15.2. The van der Waals surface area contributed by atoms with Crippen molar-refractivity contribution >= 4 is 16.6 Å². The quantitative estimate of drug-likeness (QED) is 0.647. The summed E-state index contributed by atoms with van der Waals surface area (Å²) in [6.07, 6.45) is 5.63. The molecule has 0 aliphatic carbocycles. The highest BCUT2D eigenvalue weighted by Gasteiger charge is 2.20. The number of fused-ring (bicyclic) bond motifs is 1. The Bertz CT molecular complexity index is 876. The topological polar surface area (TPSA) is 16.1 Å². The molecule has 1 fully saturated rings. The van der Waals surface area contributed by atoms with Gasteiger partial charge in [-0.3, -0.25) is 4.98 Å². The molecule has 0 radical (unpaired) electrons. The maximum Gasteiger partial charge on any atom is 0.0703 e. The van der Waals surface area contributed by atoms with Crippen LogP contribution in [-0.2, 0) is 6.42 Å². The summed E-state index contributed by atoms with van der Waals surface area (Å²) >= 11 is 0. The van der Waals surface area contributed by atoms with Gasteiger partial charge in [0.25, 0.3) is 0 Å². The molecule has 2 nitrogen and oxygen atoms in total. The van der Waals surface area contributed by atoms with Crippen molar-refractivity contribution in [1.82, 2.24) is 4.98 Å². The zero-order valence-corrected chi connectivity index (χ0v) is 15.2. The highest BCUT2D eigenvalue weighted by Crippen LogP contribution is 2.28. The van der Waals surface area contributed by atoms with E-state index in [4.69, 9.17) is 0 Å². The molecule has 4 rings (SSSR count). The number of pyridine rings is 1. The first kappa shape index (κ1) is 16.1. The van der Waals surface area contributed by atoms with Gasteiger partial charge < -0.3 is 4.90 Å². The van der Waals surface area contributed by atoms with E-state index in [9.17, 15) is 0 Å². The molecule has 0 N–H and O–H groups in total. The van der Waals surface area contributed by atoms with Gasteiger partial charge in [-0.25, -0.2) is 0 Å². The van der Waals surface area contributed by atoms with Crippen LogP contribution in [-0.4, -0.2) is 18.1 Å². The fourth-order valence-electron chi connectivity index (χ4n) is 3.92. The van der Waals surface area contributed by atoms with Gasteiger partial charge in [-0.05, 0) is 80.0 Å². The van der Waals surface area contributed by atoms with E-state index in [2.05, 4.69) is 66.2 Å².